The Morgan fingerprint density at radius 3 is 2.40 bits per heavy atom. The van der Waals surface area contributed by atoms with E-state index >= 15 is 0 Å². The smallest absolute Gasteiger partial charge is 0.320 e. The standard InChI is InChI=1S/C9H8BrN3O.ClH/c10-7-1-3-8(4-2-7)13(6-5-11)9(12)14;/h1-4H,6H2,(H2,12,14);1H. The van der Waals surface area contributed by atoms with E-state index in [9.17, 15) is 4.79 Å². The summed E-state index contributed by atoms with van der Waals surface area (Å²) in [5.41, 5.74) is 5.73. The van der Waals surface area contributed by atoms with Crippen molar-refractivity contribution in [1.29, 1.82) is 5.26 Å². The summed E-state index contributed by atoms with van der Waals surface area (Å²) >= 11 is 3.27. The highest BCUT2D eigenvalue weighted by Gasteiger charge is 2.10. The van der Waals surface area contributed by atoms with Crippen molar-refractivity contribution in [2.24, 2.45) is 5.73 Å². The molecule has 0 aliphatic carbocycles. The molecule has 0 atom stereocenters. The number of benzene rings is 1. The van der Waals surface area contributed by atoms with Crippen molar-refractivity contribution in [3.63, 3.8) is 0 Å². The van der Waals surface area contributed by atoms with Crippen LogP contribution in [0.25, 0.3) is 0 Å². The number of hydrogen-bond donors (Lipinski definition) is 1. The fourth-order valence-corrected chi connectivity index (χ4v) is 1.25. The summed E-state index contributed by atoms with van der Waals surface area (Å²) in [5, 5.41) is 8.49. The highest BCUT2D eigenvalue weighted by molar-refractivity contribution is 9.10. The van der Waals surface area contributed by atoms with Crippen LogP contribution in [-0.4, -0.2) is 12.6 Å². The monoisotopic (exact) mass is 289 g/mol. The first-order valence-corrected chi connectivity index (χ1v) is 4.64. The fraction of sp³-hybridized carbons (Fsp3) is 0.111. The SMILES string of the molecule is Cl.N#CCN(C(N)=O)c1ccc(Br)cc1. The molecular formula is C9H9BrClN3O. The van der Waals surface area contributed by atoms with Gasteiger partial charge >= 0.3 is 6.03 Å². The van der Waals surface area contributed by atoms with E-state index in [1.807, 2.05) is 6.07 Å². The van der Waals surface area contributed by atoms with E-state index in [0.717, 1.165) is 4.47 Å². The van der Waals surface area contributed by atoms with E-state index in [-0.39, 0.29) is 19.0 Å². The van der Waals surface area contributed by atoms with Gasteiger partial charge in [-0.3, -0.25) is 4.90 Å². The summed E-state index contributed by atoms with van der Waals surface area (Å²) < 4.78 is 0.905. The van der Waals surface area contributed by atoms with E-state index < -0.39 is 6.03 Å². The zero-order valence-corrected chi connectivity index (χ0v) is 10.1. The number of rotatable bonds is 2. The average molecular weight is 291 g/mol. The van der Waals surface area contributed by atoms with Gasteiger partial charge in [0.25, 0.3) is 0 Å². The molecular weight excluding hydrogens is 281 g/mol. The van der Waals surface area contributed by atoms with Crippen LogP contribution >= 0.6 is 28.3 Å². The fourth-order valence-electron chi connectivity index (χ4n) is 0.988. The molecule has 0 heterocycles. The second kappa shape index (κ2) is 6.27. The van der Waals surface area contributed by atoms with Crippen LogP contribution in [0.5, 0.6) is 0 Å². The largest absolute Gasteiger partial charge is 0.351 e. The molecule has 6 heteroatoms. The van der Waals surface area contributed by atoms with Crippen molar-refractivity contribution in [3.05, 3.63) is 28.7 Å². The molecule has 0 bridgehead atoms. The molecule has 0 saturated heterocycles. The number of nitriles is 1. The maximum Gasteiger partial charge on any atom is 0.320 e. The van der Waals surface area contributed by atoms with Gasteiger partial charge in [-0.25, -0.2) is 4.79 Å². The highest BCUT2D eigenvalue weighted by atomic mass is 79.9. The Labute approximate surface area is 102 Å². The number of nitrogens with two attached hydrogens (primary N) is 1. The van der Waals surface area contributed by atoms with E-state index in [0.29, 0.717) is 5.69 Å². The van der Waals surface area contributed by atoms with Crippen molar-refractivity contribution >= 4 is 40.1 Å². The second-order valence-electron chi connectivity index (χ2n) is 2.56. The summed E-state index contributed by atoms with van der Waals surface area (Å²) in [7, 11) is 0. The lowest BCUT2D eigenvalue weighted by Crippen LogP contribution is -2.35. The lowest BCUT2D eigenvalue weighted by atomic mass is 10.3. The molecule has 0 unspecified atom stereocenters. The number of primary amides is 1. The first-order chi connectivity index (χ1) is 6.65. The molecule has 1 rings (SSSR count). The summed E-state index contributed by atoms with van der Waals surface area (Å²) in [4.78, 5) is 12.2. The molecule has 0 spiro atoms. The summed E-state index contributed by atoms with van der Waals surface area (Å²) in [6.45, 7) is -0.0447. The van der Waals surface area contributed by atoms with Crippen LogP contribution in [0.15, 0.2) is 28.7 Å². The Hall–Kier alpha value is -1.25. The number of amides is 2. The summed E-state index contributed by atoms with van der Waals surface area (Å²) in [6.07, 6.45) is 0. The number of urea groups is 1. The lowest BCUT2D eigenvalue weighted by molar-refractivity contribution is 0.254. The molecule has 80 valence electrons. The van der Waals surface area contributed by atoms with Gasteiger partial charge < -0.3 is 5.73 Å². The van der Waals surface area contributed by atoms with Crippen molar-refractivity contribution in [1.82, 2.24) is 0 Å². The third kappa shape index (κ3) is 3.78. The topological polar surface area (TPSA) is 70.1 Å². The van der Waals surface area contributed by atoms with Gasteiger partial charge in [0.2, 0.25) is 0 Å². The molecule has 1 aromatic carbocycles. The lowest BCUT2D eigenvalue weighted by Gasteiger charge is -2.16. The first kappa shape index (κ1) is 13.8. The Morgan fingerprint density at radius 1 is 1.47 bits per heavy atom. The number of hydrogen-bond acceptors (Lipinski definition) is 2. The van der Waals surface area contributed by atoms with Gasteiger partial charge in [-0.1, -0.05) is 15.9 Å². The van der Waals surface area contributed by atoms with E-state index in [4.69, 9.17) is 11.0 Å². The van der Waals surface area contributed by atoms with Crippen LogP contribution < -0.4 is 10.6 Å². The van der Waals surface area contributed by atoms with Crippen LogP contribution in [0.3, 0.4) is 0 Å². The van der Waals surface area contributed by atoms with Crippen LogP contribution in [0.4, 0.5) is 10.5 Å². The van der Waals surface area contributed by atoms with Crippen molar-refractivity contribution < 1.29 is 4.79 Å². The Morgan fingerprint density at radius 2 is 2.00 bits per heavy atom. The third-order valence-electron chi connectivity index (χ3n) is 1.63. The maximum absolute atomic E-state index is 11.0. The van der Waals surface area contributed by atoms with Gasteiger partial charge in [0.05, 0.1) is 6.07 Å². The minimum Gasteiger partial charge on any atom is -0.351 e. The highest BCUT2D eigenvalue weighted by Crippen LogP contribution is 2.17. The number of carbonyl (C=O) groups excluding carboxylic acids is 1. The summed E-state index contributed by atoms with van der Waals surface area (Å²) in [6, 6.07) is 8.23. The molecule has 0 radical (unpaired) electrons. The van der Waals surface area contributed by atoms with Gasteiger partial charge in [0.1, 0.15) is 6.54 Å². The number of anilines is 1. The van der Waals surface area contributed by atoms with Crippen molar-refractivity contribution in [2.45, 2.75) is 0 Å². The maximum atomic E-state index is 11.0. The van der Waals surface area contributed by atoms with E-state index in [2.05, 4.69) is 15.9 Å². The molecule has 4 nitrogen and oxygen atoms in total. The Bertz CT molecular complexity index is 374. The predicted octanol–water partition coefficient (Wildman–Crippen LogP) is 2.28. The molecule has 2 amide bonds. The number of carbonyl (C=O) groups is 1. The number of nitrogens with zero attached hydrogens (tertiary/aromatic N) is 2. The zero-order chi connectivity index (χ0) is 10.6. The van der Waals surface area contributed by atoms with Crippen LogP contribution in [-0.2, 0) is 0 Å². The molecule has 0 saturated carbocycles. The molecule has 0 fully saturated rings. The summed E-state index contributed by atoms with van der Waals surface area (Å²) in [5.74, 6) is 0. The van der Waals surface area contributed by atoms with Crippen LogP contribution in [0.1, 0.15) is 0 Å². The van der Waals surface area contributed by atoms with E-state index in [1.165, 1.54) is 4.90 Å². The minimum absolute atomic E-state index is 0. The van der Waals surface area contributed by atoms with Gasteiger partial charge in [0.15, 0.2) is 0 Å². The molecule has 0 aliphatic heterocycles. The molecule has 2 N–H and O–H groups in total. The number of halogens is 2. The Balaban J connectivity index is 0.00000196. The van der Waals surface area contributed by atoms with Crippen LogP contribution in [0.2, 0.25) is 0 Å². The average Bonchev–Trinajstić information content (AvgIpc) is 2.15. The second-order valence-corrected chi connectivity index (χ2v) is 3.47. The molecule has 0 aromatic heterocycles. The first-order valence-electron chi connectivity index (χ1n) is 3.84. The van der Waals surface area contributed by atoms with Gasteiger partial charge in [-0.05, 0) is 24.3 Å². The molecule has 1 aromatic rings. The zero-order valence-electron chi connectivity index (χ0n) is 7.68. The normalized spacial score (nSPS) is 8.53. The quantitative estimate of drug-likeness (QED) is 0.849. The Kier molecular flexibility index (Phi) is 5.75. The minimum atomic E-state index is -0.631. The van der Waals surface area contributed by atoms with Gasteiger partial charge in [0, 0.05) is 10.2 Å². The van der Waals surface area contributed by atoms with Crippen molar-refractivity contribution in [2.75, 3.05) is 11.4 Å². The van der Waals surface area contributed by atoms with Gasteiger partial charge in [-0.15, -0.1) is 12.4 Å². The predicted molar refractivity (Wildman–Crippen MR) is 63.9 cm³/mol. The molecule has 0 aliphatic rings. The van der Waals surface area contributed by atoms with Crippen LogP contribution in [0, 0.1) is 11.3 Å². The molecule has 15 heavy (non-hydrogen) atoms. The van der Waals surface area contributed by atoms with Crippen molar-refractivity contribution in [3.8, 4) is 6.07 Å². The van der Waals surface area contributed by atoms with Gasteiger partial charge in [-0.2, -0.15) is 5.26 Å². The van der Waals surface area contributed by atoms with E-state index in [1.54, 1.807) is 24.3 Å². The third-order valence-corrected chi connectivity index (χ3v) is 2.16.